The van der Waals surface area contributed by atoms with E-state index in [-0.39, 0.29) is 5.97 Å². The van der Waals surface area contributed by atoms with Gasteiger partial charge in [0.15, 0.2) is 0 Å². The number of hydrogen-bond acceptors (Lipinski definition) is 4. The van der Waals surface area contributed by atoms with Crippen LogP contribution in [0.1, 0.15) is 19.3 Å². The lowest BCUT2D eigenvalue weighted by atomic mass is 9.92. The Bertz CT molecular complexity index is 219. The zero-order valence-electron chi connectivity index (χ0n) is 8.54. The molecule has 14 heavy (non-hydrogen) atoms. The second-order valence-corrected chi connectivity index (χ2v) is 4.20. The van der Waals surface area contributed by atoms with E-state index in [2.05, 4.69) is 5.32 Å². The van der Waals surface area contributed by atoms with Crippen LogP contribution >= 0.6 is 0 Å². The Kier molecular flexibility index (Phi) is 2.74. The normalized spacial score (nSPS) is 32.6. The van der Waals surface area contributed by atoms with Crippen LogP contribution < -0.4 is 5.32 Å². The Morgan fingerprint density at radius 1 is 1.64 bits per heavy atom. The van der Waals surface area contributed by atoms with Crippen LogP contribution in [0.2, 0.25) is 0 Å². The molecule has 4 nitrogen and oxygen atoms in total. The minimum absolute atomic E-state index is 0.177. The summed E-state index contributed by atoms with van der Waals surface area (Å²) in [7, 11) is 1.44. The van der Waals surface area contributed by atoms with Gasteiger partial charge in [0, 0.05) is 6.54 Å². The highest BCUT2D eigenvalue weighted by atomic mass is 16.5. The summed E-state index contributed by atoms with van der Waals surface area (Å²) < 4.78 is 10.2. The van der Waals surface area contributed by atoms with Crippen molar-refractivity contribution < 1.29 is 14.3 Å². The molecule has 1 heterocycles. The summed E-state index contributed by atoms with van der Waals surface area (Å²) in [6.45, 7) is 1.88. The van der Waals surface area contributed by atoms with Crippen LogP contribution in [0, 0.1) is 5.92 Å². The van der Waals surface area contributed by atoms with E-state index in [9.17, 15) is 4.79 Å². The van der Waals surface area contributed by atoms with Gasteiger partial charge in [-0.2, -0.15) is 0 Å². The standard InChI is InChI=1S/C10H17NO3/c1-13-9(12)10(6-8-2-3-8)7-14-5-4-11-10/h8,11H,2-7H2,1H3. The van der Waals surface area contributed by atoms with E-state index in [1.807, 2.05) is 0 Å². The lowest BCUT2D eigenvalue weighted by Gasteiger charge is -2.35. The molecule has 1 saturated heterocycles. The van der Waals surface area contributed by atoms with Gasteiger partial charge in [-0.15, -0.1) is 0 Å². The predicted octanol–water partition coefficient (Wildman–Crippen LogP) is 0.318. The minimum Gasteiger partial charge on any atom is -0.468 e. The van der Waals surface area contributed by atoms with Gasteiger partial charge in [-0.05, 0) is 12.3 Å². The Morgan fingerprint density at radius 3 is 2.93 bits per heavy atom. The molecule has 0 aromatic heterocycles. The lowest BCUT2D eigenvalue weighted by Crippen LogP contribution is -2.60. The first-order valence-corrected chi connectivity index (χ1v) is 5.18. The third kappa shape index (κ3) is 1.91. The van der Waals surface area contributed by atoms with Crippen LogP contribution in [-0.4, -0.2) is 38.4 Å². The first kappa shape index (κ1) is 9.93. The first-order valence-electron chi connectivity index (χ1n) is 5.18. The molecule has 0 aromatic rings. The highest BCUT2D eigenvalue weighted by Gasteiger charge is 2.45. The molecule has 1 N–H and O–H groups in total. The molecule has 1 atom stereocenters. The molecule has 4 heteroatoms. The monoisotopic (exact) mass is 199 g/mol. The molecule has 1 aliphatic carbocycles. The third-order valence-electron chi connectivity index (χ3n) is 2.97. The molecule has 1 aliphatic heterocycles. The van der Waals surface area contributed by atoms with Gasteiger partial charge >= 0.3 is 5.97 Å². The molecular formula is C10H17NO3. The van der Waals surface area contributed by atoms with E-state index in [0.717, 1.165) is 13.0 Å². The molecule has 0 bridgehead atoms. The molecule has 2 fully saturated rings. The second kappa shape index (κ2) is 3.87. The van der Waals surface area contributed by atoms with E-state index in [0.29, 0.717) is 19.1 Å². The number of carbonyl (C=O) groups is 1. The summed E-state index contributed by atoms with van der Waals surface area (Å²) in [6, 6.07) is 0. The summed E-state index contributed by atoms with van der Waals surface area (Å²) in [6.07, 6.45) is 3.33. The van der Waals surface area contributed by atoms with Gasteiger partial charge in [0.1, 0.15) is 5.54 Å². The summed E-state index contributed by atoms with van der Waals surface area (Å²) in [5.41, 5.74) is -0.561. The minimum atomic E-state index is -0.561. The predicted molar refractivity (Wildman–Crippen MR) is 50.9 cm³/mol. The molecule has 1 saturated carbocycles. The fourth-order valence-corrected chi connectivity index (χ4v) is 2.02. The van der Waals surface area contributed by atoms with Gasteiger partial charge in [-0.3, -0.25) is 5.32 Å². The van der Waals surface area contributed by atoms with Crippen molar-refractivity contribution in [2.45, 2.75) is 24.8 Å². The number of nitrogens with one attached hydrogen (secondary N) is 1. The van der Waals surface area contributed by atoms with E-state index >= 15 is 0 Å². The van der Waals surface area contributed by atoms with Gasteiger partial charge in [-0.25, -0.2) is 4.79 Å². The average molecular weight is 199 g/mol. The zero-order valence-corrected chi connectivity index (χ0v) is 8.54. The Morgan fingerprint density at radius 2 is 2.43 bits per heavy atom. The Labute approximate surface area is 84.0 Å². The summed E-state index contributed by atoms with van der Waals surface area (Å²) >= 11 is 0. The quantitative estimate of drug-likeness (QED) is 0.665. The number of hydrogen-bond donors (Lipinski definition) is 1. The number of ether oxygens (including phenoxy) is 2. The number of carbonyl (C=O) groups excluding carboxylic acids is 1. The van der Waals surface area contributed by atoms with Gasteiger partial charge in [0.25, 0.3) is 0 Å². The highest BCUT2D eigenvalue weighted by molar-refractivity contribution is 5.81. The van der Waals surface area contributed by atoms with Crippen LogP contribution in [0.3, 0.4) is 0 Å². The van der Waals surface area contributed by atoms with E-state index in [1.165, 1.54) is 20.0 Å². The van der Waals surface area contributed by atoms with Crippen LogP contribution in [0.4, 0.5) is 0 Å². The molecule has 0 amide bonds. The van der Waals surface area contributed by atoms with Crippen molar-refractivity contribution in [2.24, 2.45) is 5.92 Å². The molecular weight excluding hydrogens is 182 g/mol. The van der Waals surface area contributed by atoms with Crippen LogP contribution in [0.15, 0.2) is 0 Å². The number of rotatable bonds is 3. The number of methoxy groups -OCH3 is 1. The second-order valence-electron chi connectivity index (χ2n) is 4.20. The van der Waals surface area contributed by atoms with Gasteiger partial charge in [0.05, 0.1) is 20.3 Å². The molecule has 0 aromatic carbocycles. The maximum Gasteiger partial charge on any atom is 0.328 e. The maximum absolute atomic E-state index is 11.7. The average Bonchev–Trinajstić information content (AvgIpc) is 3.02. The first-order chi connectivity index (χ1) is 6.77. The Hall–Kier alpha value is -0.610. The van der Waals surface area contributed by atoms with Crippen molar-refractivity contribution >= 4 is 5.97 Å². The van der Waals surface area contributed by atoms with E-state index < -0.39 is 5.54 Å². The summed E-state index contributed by atoms with van der Waals surface area (Å²) in [4.78, 5) is 11.7. The van der Waals surface area contributed by atoms with Crippen LogP contribution in [0.25, 0.3) is 0 Å². The fraction of sp³-hybridized carbons (Fsp3) is 0.900. The molecule has 2 rings (SSSR count). The third-order valence-corrected chi connectivity index (χ3v) is 2.97. The van der Waals surface area contributed by atoms with Gasteiger partial charge in [-0.1, -0.05) is 12.8 Å². The van der Waals surface area contributed by atoms with Gasteiger partial charge in [0.2, 0.25) is 0 Å². The zero-order chi connectivity index (χ0) is 10.0. The van der Waals surface area contributed by atoms with Gasteiger partial charge < -0.3 is 9.47 Å². The molecule has 80 valence electrons. The maximum atomic E-state index is 11.7. The largest absolute Gasteiger partial charge is 0.468 e. The highest BCUT2D eigenvalue weighted by Crippen LogP contribution is 2.37. The molecule has 1 unspecified atom stereocenters. The van der Waals surface area contributed by atoms with Crippen molar-refractivity contribution in [1.82, 2.24) is 5.32 Å². The van der Waals surface area contributed by atoms with Crippen LogP contribution in [-0.2, 0) is 14.3 Å². The molecule has 0 spiro atoms. The summed E-state index contributed by atoms with van der Waals surface area (Å²) in [5, 5.41) is 3.26. The SMILES string of the molecule is COC(=O)C1(CC2CC2)COCCN1. The van der Waals surface area contributed by atoms with Crippen molar-refractivity contribution in [2.75, 3.05) is 26.9 Å². The van der Waals surface area contributed by atoms with Crippen LogP contribution in [0.5, 0.6) is 0 Å². The van der Waals surface area contributed by atoms with E-state index in [4.69, 9.17) is 9.47 Å². The smallest absolute Gasteiger partial charge is 0.328 e. The number of morpholine rings is 1. The molecule has 2 aliphatic rings. The molecule has 0 radical (unpaired) electrons. The fourth-order valence-electron chi connectivity index (χ4n) is 2.02. The van der Waals surface area contributed by atoms with Crippen molar-refractivity contribution in [3.05, 3.63) is 0 Å². The van der Waals surface area contributed by atoms with Crippen molar-refractivity contribution in [3.63, 3.8) is 0 Å². The van der Waals surface area contributed by atoms with E-state index in [1.54, 1.807) is 0 Å². The topological polar surface area (TPSA) is 47.6 Å². The van der Waals surface area contributed by atoms with Crippen molar-refractivity contribution in [1.29, 1.82) is 0 Å². The summed E-state index contributed by atoms with van der Waals surface area (Å²) in [5.74, 6) is 0.507. The number of esters is 1. The lowest BCUT2D eigenvalue weighted by molar-refractivity contribution is -0.154. The van der Waals surface area contributed by atoms with Crippen molar-refractivity contribution in [3.8, 4) is 0 Å². The Balaban J connectivity index is 2.04.